The fourth-order valence-corrected chi connectivity index (χ4v) is 2.37. The van der Waals surface area contributed by atoms with E-state index in [-0.39, 0.29) is 5.97 Å². The first-order chi connectivity index (χ1) is 8.23. The first-order valence-corrected chi connectivity index (χ1v) is 6.87. The standard InChI is InChI=1S/C11H16N2O3S/c1-3-6-17-7-8-12-9(16-13-8)11(4-5-11)10(14)15-2/h3-7H2,1-2H3. The van der Waals surface area contributed by atoms with Gasteiger partial charge in [-0.15, -0.1) is 0 Å². The number of hydrogen-bond acceptors (Lipinski definition) is 6. The molecule has 0 radical (unpaired) electrons. The molecule has 0 aromatic carbocycles. The van der Waals surface area contributed by atoms with Crippen LogP contribution in [-0.2, 0) is 20.7 Å². The lowest BCUT2D eigenvalue weighted by molar-refractivity contribution is -0.144. The van der Waals surface area contributed by atoms with Gasteiger partial charge in [0.25, 0.3) is 0 Å². The summed E-state index contributed by atoms with van der Waals surface area (Å²) in [6.07, 6.45) is 2.61. The minimum absolute atomic E-state index is 0.270. The topological polar surface area (TPSA) is 65.2 Å². The molecular weight excluding hydrogens is 240 g/mol. The maximum Gasteiger partial charge on any atom is 0.321 e. The zero-order valence-corrected chi connectivity index (χ0v) is 10.9. The van der Waals surface area contributed by atoms with Gasteiger partial charge >= 0.3 is 5.97 Å². The predicted molar refractivity (Wildman–Crippen MR) is 63.7 cm³/mol. The Labute approximate surface area is 104 Å². The lowest BCUT2D eigenvalue weighted by Gasteiger charge is -2.05. The second-order valence-corrected chi connectivity index (χ2v) is 5.25. The second kappa shape index (κ2) is 5.08. The van der Waals surface area contributed by atoms with Gasteiger partial charge in [-0.2, -0.15) is 16.7 Å². The summed E-state index contributed by atoms with van der Waals surface area (Å²) in [5, 5.41) is 3.90. The fraction of sp³-hybridized carbons (Fsp3) is 0.727. The number of methoxy groups -OCH3 is 1. The average Bonchev–Trinajstić information content (AvgIpc) is 3.03. The van der Waals surface area contributed by atoms with Crippen LogP contribution in [0.3, 0.4) is 0 Å². The van der Waals surface area contributed by atoms with Gasteiger partial charge in [0.15, 0.2) is 5.82 Å². The number of thioether (sulfide) groups is 1. The fourth-order valence-electron chi connectivity index (χ4n) is 1.64. The molecule has 1 fully saturated rings. The van der Waals surface area contributed by atoms with E-state index in [2.05, 4.69) is 17.1 Å². The minimum atomic E-state index is -0.643. The molecule has 2 rings (SSSR count). The normalized spacial score (nSPS) is 16.8. The molecule has 17 heavy (non-hydrogen) atoms. The molecule has 0 aliphatic heterocycles. The Morgan fingerprint density at radius 2 is 2.35 bits per heavy atom. The summed E-state index contributed by atoms with van der Waals surface area (Å²) in [7, 11) is 1.39. The van der Waals surface area contributed by atoms with Crippen LogP contribution in [0.2, 0.25) is 0 Å². The highest BCUT2D eigenvalue weighted by molar-refractivity contribution is 7.98. The third-order valence-electron chi connectivity index (χ3n) is 2.78. The number of nitrogens with zero attached hydrogens (tertiary/aromatic N) is 2. The summed E-state index contributed by atoms with van der Waals surface area (Å²) < 4.78 is 9.94. The Bertz CT molecular complexity index is 401. The lowest BCUT2D eigenvalue weighted by Crippen LogP contribution is -2.22. The highest BCUT2D eigenvalue weighted by Gasteiger charge is 2.57. The van der Waals surface area contributed by atoms with E-state index < -0.39 is 5.41 Å². The van der Waals surface area contributed by atoms with Gasteiger partial charge < -0.3 is 9.26 Å². The van der Waals surface area contributed by atoms with Crippen LogP contribution in [-0.4, -0.2) is 29.0 Å². The first-order valence-electron chi connectivity index (χ1n) is 5.72. The van der Waals surface area contributed by atoms with Crippen molar-refractivity contribution < 1.29 is 14.1 Å². The molecule has 0 unspecified atom stereocenters. The molecule has 0 bridgehead atoms. The van der Waals surface area contributed by atoms with Crippen LogP contribution >= 0.6 is 11.8 Å². The van der Waals surface area contributed by atoms with Crippen molar-refractivity contribution >= 4 is 17.7 Å². The van der Waals surface area contributed by atoms with E-state index in [4.69, 9.17) is 9.26 Å². The van der Waals surface area contributed by atoms with Crippen LogP contribution < -0.4 is 0 Å². The monoisotopic (exact) mass is 256 g/mol. The number of carbonyl (C=O) groups is 1. The summed E-state index contributed by atoms with van der Waals surface area (Å²) in [5.41, 5.74) is -0.643. The van der Waals surface area contributed by atoms with E-state index in [1.807, 2.05) is 0 Å². The minimum Gasteiger partial charge on any atom is -0.468 e. The third-order valence-corrected chi connectivity index (χ3v) is 3.94. The Hall–Kier alpha value is -1.04. The Kier molecular flexibility index (Phi) is 3.71. The molecule has 1 aromatic heterocycles. The van der Waals surface area contributed by atoms with Crippen LogP contribution in [0.5, 0.6) is 0 Å². The van der Waals surface area contributed by atoms with Gasteiger partial charge in [-0.3, -0.25) is 4.79 Å². The molecule has 1 heterocycles. The van der Waals surface area contributed by atoms with E-state index in [1.54, 1.807) is 11.8 Å². The maximum atomic E-state index is 11.6. The molecular formula is C11H16N2O3S. The predicted octanol–water partition coefficient (Wildman–Crippen LogP) is 1.92. The highest BCUT2D eigenvalue weighted by Crippen LogP contribution is 2.48. The zero-order chi connectivity index (χ0) is 12.3. The van der Waals surface area contributed by atoms with E-state index in [9.17, 15) is 4.79 Å². The number of aromatic nitrogens is 2. The molecule has 94 valence electrons. The molecule has 1 aromatic rings. The Morgan fingerprint density at radius 3 is 2.94 bits per heavy atom. The zero-order valence-electron chi connectivity index (χ0n) is 10.1. The van der Waals surface area contributed by atoms with Crippen molar-refractivity contribution in [2.24, 2.45) is 0 Å². The SMILES string of the molecule is CCCSCc1noc(C2(C(=O)OC)CC2)n1. The van der Waals surface area contributed by atoms with Gasteiger partial charge in [-0.25, -0.2) is 0 Å². The number of esters is 1. The third kappa shape index (κ3) is 2.46. The number of rotatable bonds is 6. The molecule has 1 saturated carbocycles. The van der Waals surface area contributed by atoms with Gasteiger partial charge in [-0.1, -0.05) is 12.1 Å². The van der Waals surface area contributed by atoms with Crippen LogP contribution in [0, 0.1) is 0 Å². The van der Waals surface area contributed by atoms with Gasteiger partial charge in [0.2, 0.25) is 5.89 Å². The lowest BCUT2D eigenvalue weighted by atomic mass is 10.1. The van der Waals surface area contributed by atoms with Crippen LogP contribution in [0.1, 0.15) is 37.9 Å². The summed E-state index contributed by atoms with van der Waals surface area (Å²) in [6.45, 7) is 2.13. The quantitative estimate of drug-likeness (QED) is 0.572. The van der Waals surface area contributed by atoms with Crippen molar-refractivity contribution in [1.82, 2.24) is 10.1 Å². The van der Waals surface area contributed by atoms with Crippen molar-refractivity contribution in [3.05, 3.63) is 11.7 Å². The summed E-state index contributed by atoms with van der Waals surface area (Å²) in [6, 6.07) is 0. The van der Waals surface area contributed by atoms with Crippen LogP contribution in [0.25, 0.3) is 0 Å². The van der Waals surface area contributed by atoms with E-state index in [1.165, 1.54) is 7.11 Å². The molecule has 0 saturated heterocycles. The largest absolute Gasteiger partial charge is 0.468 e. The van der Waals surface area contributed by atoms with Crippen molar-refractivity contribution in [3.63, 3.8) is 0 Å². The molecule has 0 amide bonds. The van der Waals surface area contributed by atoms with Crippen LogP contribution in [0.15, 0.2) is 4.52 Å². The number of carbonyl (C=O) groups excluding carboxylic acids is 1. The van der Waals surface area contributed by atoms with Gasteiger partial charge in [0.1, 0.15) is 5.41 Å². The molecule has 6 heteroatoms. The smallest absolute Gasteiger partial charge is 0.321 e. The van der Waals surface area contributed by atoms with E-state index in [0.29, 0.717) is 11.7 Å². The second-order valence-electron chi connectivity index (χ2n) is 4.14. The molecule has 1 aliphatic carbocycles. The molecule has 1 aliphatic rings. The van der Waals surface area contributed by atoms with Gasteiger partial charge in [0.05, 0.1) is 12.9 Å². The molecule has 0 spiro atoms. The highest BCUT2D eigenvalue weighted by atomic mass is 32.2. The van der Waals surface area contributed by atoms with E-state index in [0.717, 1.165) is 30.8 Å². The van der Waals surface area contributed by atoms with Gasteiger partial charge in [-0.05, 0) is 25.0 Å². The van der Waals surface area contributed by atoms with Crippen LogP contribution in [0.4, 0.5) is 0 Å². The van der Waals surface area contributed by atoms with Crippen molar-refractivity contribution in [1.29, 1.82) is 0 Å². The Morgan fingerprint density at radius 1 is 1.59 bits per heavy atom. The summed E-state index contributed by atoms with van der Waals surface area (Å²) in [4.78, 5) is 15.9. The Balaban J connectivity index is 2.01. The van der Waals surface area contributed by atoms with E-state index >= 15 is 0 Å². The average molecular weight is 256 g/mol. The number of ether oxygens (including phenoxy) is 1. The maximum absolute atomic E-state index is 11.6. The molecule has 5 nitrogen and oxygen atoms in total. The van der Waals surface area contributed by atoms with Crippen molar-refractivity contribution in [2.75, 3.05) is 12.9 Å². The summed E-state index contributed by atoms with van der Waals surface area (Å²) >= 11 is 1.76. The summed E-state index contributed by atoms with van der Waals surface area (Å²) in [5.74, 6) is 2.61. The first kappa shape index (κ1) is 12.4. The van der Waals surface area contributed by atoms with Gasteiger partial charge in [0, 0.05) is 0 Å². The molecule has 0 N–H and O–H groups in total. The number of hydrogen-bond donors (Lipinski definition) is 0. The van der Waals surface area contributed by atoms with Crippen molar-refractivity contribution in [3.8, 4) is 0 Å². The van der Waals surface area contributed by atoms with Crippen molar-refractivity contribution in [2.45, 2.75) is 37.4 Å². The molecule has 0 atom stereocenters.